The van der Waals surface area contributed by atoms with Gasteiger partial charge in [0.25, 0.3) is 0 Å². The molecule has 0 aromatic carbocycles. The summed E-state index contributed by atoms with van der Waals surface area (Å²) in [6.07, 6.45) is 4.63. The van der Waals surface area contributed by atoms with Gasteiger partial charge in [-0.15, -0.1) is 0 Å². The zero-order valence-corrected chi connectivity index (χ0v) is 8.13. The Bertz CT molecular complexity index is 254. The fourth-order valence-electron chi connectivity index (χ4n) is 1.02. The van der Waals surface area contributed by atoms with E-state index in [1.807, 2.05) is 32.3 Å². The van der Waals surface area contributed by atoms with Crippen molar-refractivity contribution in [1.82, 2.24) is 10.3 Å². The van der Waals surface area contributed by atoms with Crippen LogP contribution in [0.2, 0.25) is 0 Å². The first-order chi connectivity index (χ1) is 6.24. The molecule has 0 fully saturated rings. The highest BCUT2D eigenvalue weighted by Gasteiger charge is 2.08. The predicted octanol–water partition coefficient (Wildman–Crippen LogP) is 1.68. The van der Waals surface area contributed by atoms with E-state index in [0.29, 0.717) is 6.54 Å². The van der Waals surface area contributed by atoms with Crippen molar-refractivity contribution in [1.29, 1.82) is 0 Å². The van der Waals surface area contributed by atoms with Gasteiger partial charge in [-0.1, -0.05) is 13.8 Å². The number of carbonyl (C=O) groups is 1. The Balaban J connectivity index is 2.31. The van der Waals surface area contributed by atoms with Gasteiger partial charge in [0.2, 0.25) is 5.91 Å². The quantitative estimate of drug-likeness (QED) is 0.727. The van der Waals surface area contributed by atoms with Crippen molar-refractivity contribution >= 4 is 5.91 Å². The number of H-pyrrole nitrogens is 1. The van der Waals surface area contributed by atoms with Crippen molar-refractivity contribution in [2.45, 2.75) is 26.8 Å². The minimum Gasteiger partial charge on any atom is -0.367 e. The van der Waals surface area contributed by atoms with E-state index >= 15 is 0 Å². The van der Waals surface area contributed by atoms with Gasteiger partial charge >= 0.3 is 0 Å². The van der Waals surface area contributed by atoms with Crippen molar-refractivity contribution in [2.24, 2.45) is 5.92 Å². The molecule has 1 atom stereocenters. The molecule has 1 unspecified atom stereocenters. The molecule has 0 aliphatic heterocycles. The van der Waals surface area contributed by atoms with Gasteiger partial charge in [0.1, 0.15) is 0 Å². The van der Waals surface area contributed by atoms with Crippen molar-refractivity contribution in [3.8, 4) is 0 Å². The number of carbonyl (C=O) groups excluding carboxylic acids is 1. The number of amides is 1. The minimum absolute atomic E-state index is 0.110. The molecule has 1 aromatic rings. The van der Waals surface area contributed by atoms with Crippen LogP contribution in [-0.2, 0) is 11.3 Å². The highest BCUT2D eigenvalue weighted by atomic mass is 16.1. The van der Waals surface area contributed by atoms with Crippen LogP contribution in [0.5, 0.6) is 0 Å². The second-order valence-electron chi connectivity index (χ2n) is 3.25. The number of aromatic amines is 1. The van der Waals surface area contributed by atoms with Gasteiger partial charge in [0.05, 0.1) is 0 Å². The second kappa shape index (κ2) is 4.70. The minimum atomic E-state index is 0.110. The Morgan fingerprint density at radius 1 is 1.69 bits per heavy atom. The topological polar surface area (TPSA) is 44.9 Å². The molecule has 1 rings (SSSR count). The van der Waals surface area contributed by atoms with E-state index in [1.54, 1.807) is 0 Å². The Labute approximate surface area is 78.5 Å². The molecule has 0 bridgehead atoms. The summed E-state index contributed by atoms with van der Waals surface area (Å²) < 4.78 is 0. The predicted molar refractivity (Wildman–Crippen MR) is 52.1 cm³/mol. The molecule has 72 valence electrons. The lowest BCUT2D eigenvalue weighted by atomic mass is 10.1. The van der Waals surface area contributed by atoms with Gasteiger partial charge in [0.15, 0.2) is 0 Å². The van der Waals surface area contributed by atoms with Gasteiger partial charge in [-0.05, 0) is 18.1 Å². The molecule has 3 nitrogen and oxygen atoms in total. The lowest BCUT2D eigenvalue weighted by molar-refractivity contribution is -0.124. The summed E-state index contributed by atoms with van der Waals surface area (Å²) in [5.74, 6) is 0.239. The maximum atomic E-state index is 11.3. The van der Waals surface area contributed by atoms with E-state index in [1.165, 1.54) is 0 Å². The third-order valence-corrected chi connectivity index (χ3v) is 2.19. The van der Waals surface area contributed by atoms with Crippen molar-refractivity contribution < 1.29 is 4.79 Å². The van der Waals surface area contributed by atoms with Gasteiger partial charge < -0.3 is 10.3 Å². The summed E-state index contributed by atoms with van der Waals surface area (Å²) >= 11 is 0. The molecule has 0 aliphatic rings. The second-order valence-corrected chi connectivity index (χ2v) is 3.25. The molecule has 0 spiro atoms. The fourth-order valence-corrected chi connectivity index (χ4v) is 1.02. The van der Waals surface area contributed by atoms with Crippen LogP contribution >= 0.6 is 0 Å². The molecular formula is C10H16N2O. The summed E-state index contributed by atoms with van der Waals surface area (Å²) in [5, 5.41) is 2.88. The first-order valence-electron chi connectivity index (χ1n) is 4.63. The van der Waals surface area contributed by atoms with Crippen LogP contribution in [0.3, 0.4) is 0 Å². The molecule has 0 saturated carbocycles. The van der Waals surface area contributed by atoms with Gasteiger partial charge in [0, 0.05) is 24.9 Å². The van der Waals surface area contributed by atoms with Gasteiger partial charge in [-0.2, -0.15) is 0 Å². The monoisotopic (exact) mass is 180 g/mol. The summed E-state index contributed by atoms with van der Waals surface area (Å²) in [6.45, 7) is 4.57. The van der Waals surface area contributed by atoms with E-state index in [4.69, 9.17) is 0 Å². The van der Waals surface area contributed by atoms with Crippen LogP contribution < -0.4 is 5.32 Å². The molecule has 13 heavy (non-hydrogen) atoms. The maximum Gasteiger partial charge on any atom is 0.223 e. The Kier molecular flexibility index (Phi) is 3.55. The van der Waals surface area contributed by atoms with E-state index in [-0.39, 0.29) is 11.8 Å². The van der Waals surface area contributed by atoms with Crippen LogP contribution in [0.1, 0.15) is 25.8 Å². The molecule has 1 amide bonds. The van der Waals surface area contributed by atoms with E-state index in [9.17, 15) is 4.79 Å². The van der Waals surface area contributed by atoms with Crippen LogP contribution in [0.15, 0.2) is 18.5 Å². The number of nitrogens with one attached hydrogen (secondary N) is 2. The van der Waals surface area contributed by atoms with Crippen LogP contribution in [-0.4, -0.2) is 10.9 Å². The van der Waals surface area contributed by atoms with Crippen molar-refractivity contribution in [2.75, 3.05) is 0 Å². The highest BCUT2D eigenvalue weighted by Crippen LogP contribution is 2.01. The Morgan fingerprint density at radius 2 is 2.46 bits per heavy atom. The van der Waals surface area contributed by atoms with Crippen molar-refractivity contribution in [3.63, 3.8) is 0 Å². The van der Waals surface area contributed by atoms with E-state index < -0.39 is 0 Å². The Hall–Kier alpha value is -1.25. The molecule has 1 aromatic heterocycles. The average molecular weight is 180 g/mol. The molecule has 0 aliphatic carbocycles. The van der Waals surface area contributed by atoms with Crippen LogP contribution in [0.25, 0.3) is 0 Å². The number of hydrogen-bond acceptors (Lipinski definition) is 1. The van der Waals surface area contributed by atoms with Gasteiger partial charge in [-0.3, -0.25) is 4.79 Å². The first-order valence-corrected chi connectivity index (χ1v) is 4.63. The van der Waals surface area contributed by atoms with E-state index in [2.05, 4.69) is 10.3 Å². The normalized spacial score (nSPS) is 12.5. The molecular weight excluding hydrogens is 164 g/mol. The number of rotatable bonds is 4. The third-order valence-electron chi connectivity index (χ3n) is 2.19. The van der Waals surface area contributed by atoms with Crippen LogP contribution in [0.4, 0.5) is 0 Å². The lowest BCUT2D eigenvalue weighted by Crippen LogP contribution is -2.28. The molecule has 0 radical (unpaired) electrons. The standard InChI is InChI=1S/C10H16N2O/c1-3-8(2)10(13)12-7-9-4-5-11-6-9/h4-6,8,11H,3,7H2,1-2H3,(H,12,13). The largest absolute Gasteiger partial charge is 0.367 e. The first kappa shape index (κ1) is 9.84. The SMILES string of the molecule is CCC(C)C(=O)NCc1cc[nH]c1. The smallest absolute Gasteiger partial charge is 0.223 e. The van der Waals surface area contributed by atoms with Crippen molar-refractivity contribution in [3.05, 3.63) is 24.0 Å². The highest BCUT2D eigenvalue weighted by molar-refractivity contribution is 5.78. The lowest BCUT2D eigenvalue weighted by Gasteiger charge is -2.08. The zero-order chi connectivity index (χ0) is 9.68. The number of aromatic nitrogens is 1. The third kappa shape index (κ3) is 2.93. The zero-order valence-electron chi connectivity index (χ0n) is 8.13. The van der Waals surface area contributed by atoms with Crippen LogP contribution in [0, 0.1) is 5.92 Å². The molecule has 2 N–H and O–H groups in total. The summed E-state index contributed by atoms with van der Waals surface area (Å²) in [5.41, 5.74) is 1.11. The van der Waals surface area contributed by atoms with Gasteiger partial charge in [-0.25, -0.2) is 0 Å². The molecule has 1 heterocycles. The maximum absolute atomic E-state index is 11.3. The summed E-state index contributed by atoms with van der Waals surface area (Å²) in [7, 11) is 0. The fraction of sp³-hybridized carbons (Fsp3) is 0.500. The van der Waals surface area contributed by atoms with E-state index in [0.717, 1.165) is 12.0 Å². The summed E-state index contributed by atoms with van der Waals surface area (Å²) in [4.78, 5) is 14.3. The Morgan fingerprint density at radius 3 is 3.00 bits per heavy atom. The molecule has 0 saturated heterocycles. The average Bonchev–Trinajstić information content (AvgIpc) is 2.65. The number of hydrogen-bond donors (Lipinski definition) is 2. The molecule has 3 heteroatoms. The summed E-state index contributed by atoms with van der Waals surface area (Å²) in [6, 6.07) is 1.96.